The van der Waals surface area contributed by atoms with Gasteiger partial charge >= 0.3 is 19.7 Å². The number of aliphatic hydroxyl groups is 2. The van der Waals surface area contributed by atoms with Crippen molar-refractivity contribution in [3.63, 3.8) is 0 Å². The maximum atomic E-state index is 14.4. The highest BCUT2D eigenvalue weighted by Gasteiger charge is 2.54. The van der Waals surface area contributed by atoms with Crippen LogP contribution in [-0.4, -0.2) is 93.0 Å². The zero-order valence-corrected chi connectivity index (χ0v) is 31.1. The standard InChI is InChI=1S/C34H45N6O11P/c1-18(29(42)47-8)20-9-10-22-14-23(12-11-21(22)13-20)51-52(45,39-19(2)30(43)48-16-33(3,4)5)49-15-24-26(41)34(6,44)31(50-24)40-17-36-25-27(40)37-32(35)38-28(25)46-7/h9-14,17-19,24,26,31,41,44H,15-16H2,1-8H3,(H,39,45)(H2,35,37,38)/t18-,19-,24+,26+,31?,34+,52?/m0/s1. The number of nitrogen functional groups attached to an aromatic ring is 1. The molecule has 3 heterocycles. The van der Waals surface area contributed by atoms with Crippen LogP contribution >= 0.6 is 7.75 Å². The third-order valence-corrected chi connectivity index (χ3v) is 10.1. The molecule has 2 unspecified atom stereocenters. The number of nitrogens with zero attached hydrogens (tertiary/aromatic N) is 4. The van der Waals surface area contributed by atoms with Gasteiger partial charge in [-0.25, -0.2) is 9.55 Å². The Morgan fingerprint density at radius 3 is 2.48 bits per heavy atom. The Hall–Kier alpha value is -4.38. The first-order valence-electron chi connectivity index (χ1n) is 16.5. The van der Waals surface area contributed by atoms with E-state index in [0.717, 1.165) is 10.9 Å². The van der Waals surface area contributed by atoms with Gasteiger partial charge in [-0.2, -0.15) is 15.1 Å². The predicted octanol–water partition coefficient (Wildman–Crippen LogP) is 3.63. The highest BCUT2D eigenvalue weighted by atomic mass is 31.2. The average molecular weight is 745 g/mol. The minimum Gasteiger partial charge on any atom is -0.479 e. The van der Waals surface area contributed by atoms with E-state index < -0.39 is 56.3 Å². The summed E-state index contributed by atoms with van der Waals surface area (Å²) in [6.45, 7) is 9.78. The number of carbonyl (C=O) groups is 2. The van der Waals surface area contributed by atoms with E-state index in [1.54, 1.807) is 37.3 Å². The molecule has 282 valence electrons. The molecule has 5 rings (SSSR count). The van der Waals surface area contributed by atoms with Gasteiger partial charge in [-0.15, -0.1) is 0 Å². The first-order chi connectivity index (χ1) is 24.4. The number of benzene rings is 2. The molecule has 18 heteroatoms. The summed E-state index contributed by atoms with van der Waals surface area (Å²) in [6, 6.07) is 9.13. The Balaban J connectivity index is 1.40. The summed E-state index contributed by atoms with van der Waals surface area (Å²) in [5, 5.41) is 26.8. The van der Waals surface area contributed by atoms with Crippen molar-refractivity contribution in [2.75, 3.05) is 33.2 Å². The molecule has 1 aliphatic heterocycles. The Bertz CT molecular complexity index is 2000. The monoisotopic (exact) mass is 744 g/mol. The van der Waals surface area contributed by atoms with Gasteiger partial charge in [-0.1, -0.05) is 45.0 Å². The molecule has 1 aliphatic rings. The van der Waals surface area contributed by atoms with E-state index in [1.807, 2.05) is 26.8 Å². The molecule has 1 fully saturated rings. The predicted molar refractivity (Wildman–Crippen MR) is 188 cm³/mol. The van der Waals surface area contributed by atoms with Crippen LogP contribution in [0.15, 0.2) is 42.7 Å². The fraction of sp³-hybridized carbons (Fsp3) is 0.500. The molecule has 2 aromatic carbocycles. The SMILES string of the molecule is COC(=O)[C@@H](C)c1ccc2cc(OP(=O)(N[C@@H](C)C(=O)OCC(C)(C)C)OC[C@H]3OC(n4cnc5c(OC)nc(N)nc54)[C@](C)(O)[C@@H]3O)ccc2c1. The van der Waals surface area contributed by atoms with Crippen LogP contribution in [0.1, 0.15) is 59.3 Å². The number of anilines is 1. The number of hydrogen-bond donors (Lipinski definition) is 4. The molecule has 0 saturated carbocycles. The zero-order valence-electron chi connectivity index (χ0n) is 30.2. The number of methoxy groups -OCH3 is 2. The summed E-state index contributed by atoms with van der Waals surface area (Å²) < 4.78 is 49.2. The van der Waals surface area contributed by atoms with E-state index in [1.165, 1.54) is 39.0 Å². The molecular formula is C34H45N6O11P. The summed E-state index contributed by atoms with van der Waals surface area (Å²) in [7, 11) is -1.73. The summed E-state index contributed by atoms with van der Waals surface area (Å²) in [5.41, 5.74) is 4.76. The van der Waals surface area contributed by atoms with Gasteiger partial charge in [0.05, 0.1) is 39.7 Å². The molecular weight excluding hydrogens is 699 g/mol. The minimum absolute atomic E-state index is 0.100. The van der Waals surface area contributed by atoms with Crippen molar-refractivity contribution < 1.29 is 52.4 Å². The lowest BCUT2D eigenvalue weighted by atomic mass is 9.96. The number of nitrogens with one attached hydrogen (secondary N) is 1. The van der Waals surface area contributed by atoms with Crippen LogP contribution in [0.25, 0.3) is 21.9 Å². The van der Waals surface area contributed by atoms with Crippen molar-refractivity contribution in [1.29, 1.82) is 0 Å². The van der Waals surface area contributed by atoms with Gasteiger partial charge in [0.15, 0.2) is 17.4 Å². The lowest BCUT2D eigenvalue weighted by Gasteiger charge is -2.27. The molecule has 52 heavy (non-hydrogen) atoms. The van der Waals surface area contributed by atoms with Crippen LogP contribution in [-0.2, 0) is 32.9 Å². The second kappa shape index (κ2) is 14.9. The van der Waals surface area contributed by atoms with Crippen molar-refractivity contribution in [2.24, 2.45) is 5.41 Å². The number of imidazole rings is 1. The number of esters is 2. The Morgan fingerprint density at radius 1 is 1.12 bits per heavy atom. The largest absolute Gasteiger partial charge is 0.479 e. The fourth-order valence-electron chi connectivity index (χ4n) is 5.58. The minimum atomic E-state index is -4.45. The lowest BCUT2D eigenvalue weighted by Crippen LogP contribution is -2.44. The highest BCUT2D eigenvalue weighted by Crippen LogP contribution is 2.48. The fourth-order valence-corrected chi connectivity index (χ4v) is 7.08. The average Bonchev–Trinajstić information content (AvgIpc) is 3.60. The molecule has 7 atom stereocenters. The molecule has 4 aromatic rings. The Labute approximate surface area is 300 Å². The van der Waals surface area contributed by atoms with Gasteiger partial charge < -0.3 is 39.4 Å². The van der Waals surface area contributed by atoms with E-state index in [2.05, 4.69) is 20.0 Å². The summed E-state index contributed by atoms with van der Waals surface area (Å²) in [5.74, 6) is -1.45. The van der Waals surface area contributed by atoms with Crippen LogP contribution in [0.4, 0.5) is 5.95 Å². The van der Waals surface area contributed by atoms with E-state index in [-0.39, 0.29) is 46.7 Å². The van der Waals surface area contributed by atoms with E-state index in [0.29, 0.717) is 5.39 Å². The van der Waals surface area contributed by atoms with Crippen molar-refractivity contribution >= 4 is 47.6 Å². The third-order valence-electron chi connectivity index (χ3n) is 8.48. The molecule has 17 nitrogen and oxygen atoms in total. The Kier molecular flexibility index (Phi) is 11.2. The van der Waals surface area contributed by atoms with Gasteiger partial charge in [-0.3, -0.25) is 18.7 Å². The normalized spacial score (nSPS) is 22.8. The highest BCUT2D eigenvalue weighted by molar-refractivity contribution is 7.52. The van der Waals surface area contributed by atoms with Crippen molar-refractivity contribution in [3.05, 3.63) is 48.3 Å². The molecule has 0 radical (unpaired) electrons. The van der Waals surface area contributed by atoms with Crippen molar-refractivity contribution in [3.8, 4) is 11.6 Å². The number of ether oxygens (including phenoxy) is 4. The smallest absolute Gasteiger partial charge is 0.459 e. The number of nitrogens with two attached hydrogens (primary N) is 1. The molecule has 0 bridgehead atoms. The van der Waals surface area contributed by atoms with Gasteiger partial charge in [0, 0.05) is 0 Å². The van der Waals surface area contributed by atoms with Crippen LogP contribution in [0.2, 0.25) is 0 Å². The Morgan fingerprint density at radius 2 is 1.81 bits per heavy atom. The number of hydrogen-bond acceptors (Lipinski definition) is 15. The number of fused-ring (bicyclic) bond motifs is 2. The number of carbonyl (C=O) groups excluding carboxylic acids is 2. The maximum absolute atomic E-state index is 14.4. The first kappa shape index (κ1) is 38.8. The maximum Gasteiger partial charge on any atom is 0.459 e. The van der Waals surface area contributed by atoms with E-state index in [9.17, 15) is 24.4 Å². The number of aromatic nitrogens is 4. The second-order valence-corrected chi connectivity index (χ2v) is 15.7. The molecule has 1 saturated heterocycles. The molecule has 0 spiro atoms. The molecule has 0 aliphatic carbocycles. The molecule has 5 N–H and O–H groups in total. The summed E-state index contributed by atoms with van der Waals surface area (Å²) in [4.78, 5) is 37.5. The van der Waals surface area contributed by atoms with Crippen LogP contribution in [0, 0.1) is 5.41 Å². The molecule has 2 aromatic heterocycles. The van der Waals surface area contributed by atoms with Crippen molar-refractivity contribution in [1.82, 2.24) is 24.6 Å². The van der Waals surface area contributed by atoms with Gasteiger partial charge in [-0.05, 0) is 54.7 Å². The van der Waals surface area contributed by atoms with Crippen molar-refractivity contribution in [2.45, 2.75) is 77.5 Å². The van der Waals surface area contributed by atoms with E-state index >= 15 is 0 Å². The van der Waals surface area contributed by atoms with Crippen LogP contribution in [0.5, 0.6) is 11.6 Å². The zero-order chi connectivity index (χ0) is 38.2. The third kappa shape index (κ3) is 8.30. The molecule has 0 amide bonds. The number of aliphatic hydroxyl groups excluding tert-OH is 1. The van der Waals surface area contributed by atoms with E-state index in [4.69, 9.17) is 33.7 Å². The summed E-state index contributed by atoms with van der Waals surface area (Å²) >= 11 is 0. The summed E-state index contributed by atoms with van der Waals surface area (Å²) in [6.07, 6.45) is -2.75. The van der Waals surface area contributed by atoms with Gasteiger partial charge in [0.1, 0.15) is 29.6 Å². The van der Waals surface area contributed by atoms with Crippen LogP contribution < -0.4 is 20.1 Å². The topological polar surface area (TPSA) is 229 Å². The van der Waals surface area contributed by atoms with Gasteiger partial charge in [0.25, 0.3) is 0 Å². The lowest BCUT2D eigenvalue weighted by molar-refractivity contribution is -0.148. The first-order valence-corrected chi connectivity index (χ1v) is 18.0. The second-order valence-electron chi connectivity index (χ2n) is 14.0. The van der Waals surface area contributed by atoms with Gasteiger partial charge in [0.2, 0.25) is 11.8 Å². The van der Waals surface area contributed by atoms with Crippen LogP contribution in [0.3, 0.4) is 0 Å². The number of rotatable bonds is 13. The quantitative estimate of drug-likeness (QED) is 0.113.